The molecule has 106 valence electrons. The zero-order valence-corrected chi connectivity index (χ0v) is 13.9. The van der Waals surface area contributed by atoms with Gasteiger partial charge in [-0.25, -0.2) is 0 Å². The number of hydrogen-bond donors (Lipinski definition) is 2. The van der Waals surface area contributed by atoms with E-state index in [4.69, 9.17) is 5.11 Å². The molecule has 0 spiro atoms. The molecule has 0 saturated carbocycles. The van der Waals surface area contributed by atoms with Gasteiger partial charge in [-0.05, 0) is 0 Å². The van der Waals surface area contributed by atoms with E-state index in [9.17, 15) is 9.59 Å². The van der Waals surface area contributed by atoms with Gasteiger partial charge in [0.15, 0.2) is 0 Å². The Morgan fingerprint density at radius 3 is 2.44 bits per heavy atom. The SMILES string of the molecule is CCC(C)CCCCC(=O)NC(CC[AsH2])C(=O)O. The summed E-state index contributed by atoms with van der Waals surface area (Å²) >= 11 is 1.49. The van der Waals surface area contributed by atoms with Crippen molar-refractivity contribution in [2.45, 2.75) is 63.6 Å². The van der Waals surface area contributed by atoms with Crippen LogP contribution in [0, 0.1) is 5.92 Å². The second-order valence-corrected chi connectivity index (χ2v) is 6.01. The number of carbonyl (C=O) groups excluding carboxylic acids is 1. The summed E-state index contributed by atoms with van der Waals surface area (Å²) in [6, 6.07) is -0.709. The van der Waals surface area contributed by atoms with E-state index in [1.165, 1.54) is 23.3 Å². The zero-order valence-electron chi connectivity index (χ0n) is 11.4. The zero-order chi connectivity index (χ0) is 14.0. The predicted octanol–water partition coefficient (Wildman–Crippen LogP) is 1.60. The van der Waals surface area contributed by atoms with Gasteiger partial charge in [-0.15, -0.1) is 0 Å². The van der Waals surface area contributed by atoms with Gasteiger partial charge in [0, 0.05) is 0 Å². The normalized spacial score (nSPS) is 13.9. The van der Waals surface area contributed by atoms with Crippen LogP contribution in [-0.4, -0.2) is 39.9 Å². The molecule has 1 amide bonds. The van der Waals surface area contributed by atoms with E-state index in [1.54, 1.807) is 0 Å². The molecule has 0 fully saturated rings. The van der Waals surface area contributed by atoms with Crippen LogP contribution in [0.2, 0.25) is 5.21 Å². The van der Waals surface area contributed by atoms with Crippen molar-refractivity contribution in [1.82, 2.24) is 5.32 Å². The number of rotatable bonds is 10. The third-order valence-corrected chi connectivity index (χ3v) is 3.84. The average Bonchev–Trinajstić information content (AvgIpc) is 2.33. The molecule has 0 aliphatic heterocycles. The maximum absolute atomic E-state index is 11.6. The molecule has 0 aromatic rings. The molecule has 0 rings (SSSR count). The summed E-state index contributed by atoms with van der Waals surface area (Å²) in [6.45, 7) is 4.38. The van der Waals surface area contributed by atoms with Gasteiger partial charge in [-0.1, -0.05) is 0 Å². The molecule has 0 bridgehead atoms. The molecule has 2 N–H and O–H groups in total. The Balaban J connectivity index is 3.78. The Kier molecular flexibility index (Phi) is 10.1. The van der Waals surface area contributed by atoms with Crippen LogP contribution in [0.25, 0.3) is 0 Å². The fraction of sp³-hybridized carbons (Fsp3) is 0.846. The third kappa shape index (κ3) is 8.57. The van der Waals surface area contributed by atoms with Crippen molar-refractivity contribution in [3.63, 3.8) is 0 Å². The van der Waals surface area contributed by atoms with Crippen LogP contribution in [0.1, 0.15) is 52.4 Å². The Labute approximate surface area is 118 Å². The van der Waals surface area contributed by atoms with Crippen molar-refractivity contribution in [2.75, 3.05) is 0 Å². The Bertz CT molecular complexity index is 259. The fourth-order valence-electron chi connectivity index (χ4n) is 1.67. The van der Waals surface area contributed by atoms with Crippen LogP contribution >= 0.6 is 0 Å². The van der Waals surface area contributed by atoms with Gasteiger partial charge >= 0.3 is 118 Å². The van der Waals surface area contributed by atoms with Crippen molar-refractivity contribution in [3.05, 3.63) is 0 Å². The number of carbonyl (C=O) groups is 2. The Morgan fingerprint density at radius 1 is 1.28 bits per heavy atom. The maximum atomic E-state index is 11.6. The van der Waals surface area contributed by atoms with E-state index < -0.39 is 12.0 Å². The van der Waals surface area contributed by atoms with Crippen molar-refractivity contribution < 1.29 is 14.7 Å². The van der Waals surface area contributed by atoms with E-state index in [0.717, 1.165) is 24.5 Å². The number of aliphatic carboxylic acids is 1. The molecule has 5 heteroatoms. The van der Waals surface area contributed by atoms with Crippen LogP contribution < -0.4 is 5.32 Å². The average molecular weight is 319 g/mol. The molecule has 0 aliphatic rings. The molecular weight excluding hydrogens is 293 g/mol. The molecule has 3 unspecified atom stereocenters. The summed E-state index contributed by atoms with van der Waals surface area (Å²) in [7, 11) is 0. The predicted molar refractivity (Wildman–Crippen MR) is 75.5 cm³/mol. The topological polar surface area (TPSA) is 66.4 Å². The molecule has 0 heterocycles. The van der Waals surface area contributed by atoms with Crippen molar-refractivity contribution >= 4 is 28.7 Å². The van der Waals surface area contributed by atoms with Gasteiger partial charge in [0.2, 0.25) is 0 Å². The third-order valence-electron chi connectivity index (χ3n) is 3.14. The number of amides is 1. The summed E-state index contributed by atoms with van der Waals surface area (Å²) in [5.41, 5.74) is 0. The first-order valence-corrected chi connectivity index (χ1v) is 8.44. The first-order valence-electron chi connectivity index (χ1n) is 6.73. The molecule has 0 aromatic heterocycles. The van der Waals surface area contributed by atoms with Gasteiger partial charge in [-0.3, -0.25) is 0 Å². The van der Waals surface area contributed by atoms with Crippen LogP contribution in [0.15, 0.2) is 0 Å². The minimum atomic E-state index is -0.930. The van der Waals surface area contributed by atoms with Crippen molar-refractivity contribution in [3.8, 4) is 0 Å². The van der Waals surface area contributed by atoms with Crippen LogP contribution in [0.3, 0.4) is 0 Å². The summed E-state index contributed by atoms with van der Waals surface area (Å²) < 4.78 is 0. The first-order chi connectivity index (χ1) is 8.51. The molecule has 0 aliphatic carbocycles. The number of hydrogen-bond acceptors (Lipinski definition) is 2. The molecule has 0 aromatic carbocycles. The number of unbranched alkanes of at least 4 members (excludes halogenated alkanes) is 1. The van der Waals surface area contributed by atoms with Gasteiger partial charge < -0.3 is 0 Å². The number of carboxylic acid groups (broad SMARTS) is 1. The Morgan fingerprint density at radius 2 is 1.94 bits per heavy atom. The number of nitrogens with one attached hydrogen (secondary N) is 1. The van der Waals surface area contributed by atoms with Gasteiger partial charge in [0.1, 0.15) is 0 Å². The Hall–Kier alpha value is -0.502. The van der Waals surface area contributed by atoms with E-state index >= 15 is 0 Å². The molecule has 18 heavy (non-hydrogen) atoms. The first kappa shape index (κ1) is 17.5. The summed E-state index contributed by atoms with van der Waals surface area (Å²) in [5, 5.41) is 12.3. The second-order valence-electron chi connectivity index (χ2n) is 4.79. The number of carboxylic acids is 1. The van der Waals surface area contributed by atoms with E-state index in [0.29, 0.717) is 18.8 Å². The summed E-state index contributed by atoms with van der Waals surface area (Å²) in [4.78, 5) is 22.5. The van der Waals surface area contributed by atoms with E-state index in [-0.39, 0.29) is 5.91 Å². The second kappa shape index (κ2) is 10.4. The van der Waals surface area contributed by atoms with Crippen LogP contribution in [-0.2, 0) is 9.59 Å². The van der Waals surface area contributed by atoms with E-state index in [2.05, 4.69) is 19.2 Å². The molecule has 0 radical (unpaired) electrons. The summed E-state index contributed by atoms with van der Waals surface area (Å²) in [5.74, 6) is -0.352. The molecule has 4 nitrogen and oxygen atoms in total. The van der Waals surface area contributed by atoms with Crippen molar-refractivity contribution in [1.29, 1.82) is 0 Å². The quantitative estimate of drug-likeness (QED) is 0.475. The van der Waals surface area contributed by atoms with Crippen molar-refractivity contribution in [2.24, 2.45) is 5.92 Å². The van der Waals surface area contributed by atoms with Gasteiger partial charge in [-0.2, -0.15) is 0 Å². The molecular formula is C13H26AsNO3. The van der Waals surface area contributed by atoms with E-state index in [1.807, 2.05) is 0 Å². The van der Waals surface area contributed by atoms with Crippen LogP contribution in [0.5, 0.6) is 0 Å². The standard InChI is InChI=1S/C13H26AsNO3/c1-3-10(2)6-4-5-7-12(16)15-11(8-9-14)13(17)18/h10-11H,3-9,14H2,1-2H3,(H,15,16)(H,17,18). The molecule has 3 atom stereocenters. The summed E-state index contributed by atoms with van der Waals surface area (Å²) in [6.07, 6.45) is 5.16. The fourth-order valence-corrected chi connectivity index (χ4v) is 2.37. The van der Waals surface area contributed by atoms with Gasteiger partial charge in [0.05, 0.1) is 0 Å². The van der Waals surface area contributed by atoms with Crippen LogP contribution in [0.4, 0.5) is 0 Å². The monoisotopic (exact) mass is 319 g/mol. The van der Waals surface area contributed by atoms with Gasteiger partial charge in [0.25, 0.3) is 0 Å². The minimum absolute atomic E-state index is 0.132. The molecule has 0 saturated heterocycles.